The van der Waals surface area contributed by atoms with Crippen molar-refractivity contribution in [2.24, 2.45) is 4.99 Å². The lowest BCUT2D eigenvalue weighted by Gasteiger charge is -2.39. The Morgan fingerprint density at radius 2 is 0.830 bits per heavy atom. The molecule has 486 valence electrons. The molecule has 3 heterocycles. The molecule has 13 nitrogen and oxygen atoms in total. The van der Waals surface area contributed by atoms with Crippen LogP contribution in [-0.4, -0.2) is 139 Å². The summed E-state index contributed by atoms with van der Waals surface area (Å²) in [6.45, 7) is 25.4. The normalized spacial score (nSPS) is 13.8. The van der Waals surface area contributed by atoms with Gasteiger partial charge in [0.25, 0.3) is 5.84 Å². The van der Waals surface area contributed by atoms with Crippen molar-refractivity contribution in [1.82, 2.24) is 4.48 Å². The molecule has 5 aromatic rings. The first-order valence-corrected chi connectivity index (χ1v) is 36.3. The van der Waals surface area contributed by atoms with Crippen LogP contribution in [0.15, 0.2) is 126 Å². The molecule has 0 spiro atoms. The maximum atomic E-state index is 17.6. The first-order valence-electron chi connectivity index (χ1n) is 33.2. The number of hydrogen-bond acceptors (Lipinski definition) is 9. The zero-order chi connectivity index (χ0) is 64.1. The van der Waals surface area contributed by atoms with Crippen molar-refractivity contribution < 1.29 is 57.5 Å². The lowest BCUT2D eigenvalue weighted by Crippen LogP contribution is -2.53. The van der Waals surface area contributed by atoms with E-state index in [2.05, 4.69) is 55.4 Å². The molecule has 0 radical (unpaired) electrons. The molecule has 0 bridgehead atoms. The number of allylic oxidation sites excluding steroid dienone is 1. The van der Waals surface area contributed by atoms with Crippen LogP contribution < -0.4 is 9.47 Å². The summed E-state index contributed by atoms with van der Waals surface area (Å²) < 4.78 is 117. The van der Waals surface area contributed by atoms with Gasteiger partial charge in [-0.25, -0.2) is 16.8 Å². The third kappa shape index (κ3) is 22.5. The fraction of sp³-hybridized carbons (Fsp3) is 0.543. The van der Waals surface area contributed by atoms with E-state index in [4.69, 9.17) is 14.5 Å². The average molecular weight is 1260 g/mol. The fourth-order valence-corrected chi connectivity index (χ4v) is 12.7. The highest BCUT2D eigenvalue weighted by atomic mass is 32.2. The number of unbranched alkanes of at least 4 members (excludes halogenated alkanes) is 8. The van der Waals surface area contributed by atoms with Gasteiger partial charge in [0.2, 0.25) is 5.82 Å². The Morgan fingerprint density at radius 1 is 0.477 bits per heavy atom. The molecule has 0 atom stereocenters. The second-order valence-electron chi connectivity index (χ2n) is 24.0. The summed E-state index contributed by atoms with van der Waals surface area (Å²) in [5.74, 6) is -0.201. The van der Waals surface area contributed by atoms with Gasteiger partial charge >= 0.3 is 6.97 Å². The van der Waals surface area contributed by atoms with Gasteiger partial charge < -0.3 is 45.1 Å². The average Bonchev–Trinajstić information content (AvgIpc) is 2.27. The SMILES string of the molecule is CCCC[N+](CCCC)(CCCC)CCCC.CCCC[N+](CCCC)(CCCC)CCCC.O=S(=O)([O-])CCCOc1ccc(C2=[N+]3C(=Nc4c(-c5ccccc5)cc(-c5ccc(OCCCS(=O)(=O)[O-])cc5)n4[B-]3(F)F)C(c3ccccc3)=C2)cc1. The van der Waals surface area contributed by atoms with Crippen molar-refractivity contribution in [3.05, 3.63) is 132 Å². The molecule has 0 saturated heterocycles. The van der Waals surface area contributed by atoms with E-state index in [0.717, 1.165) is 8.96 Å². The lowest BCUT2D eigenvalue weighted by atomic mass is 9.90. The molecule has 88 heavy (non-hydrogen) atoms. The second kappa shape index (κ2) is 37.0. The largest absolute Gasteiger partial charge is 0.748 e. The van der Waals surface area contributed by atoms with Crippen LogP contribution in [0.3, 0.4) is 0 Å². The van der Waals surface area contributed by atoms with Gasteiger partial charge in [-0.1, -0.05) is 167 Å². The van der Waals surface area contributed by atoms with Crippen LogP contribution in [0.1, 0.15) is 182 Å². The van der Waals surface area contributed by atoms with Crippen LogP contribution in [-0.2, 0) is 20.2 Å². The third-order valence-corrected chi connectivity index (χ3v) is 18.4. The van der Waals surface area contributed by atoms with Crippen LogP contribution in [0.4, 0.5) is 14.4 Å². The summed E-state index contributed by atoms with van der Waals surface area (Å²) >= 11 is 0. The van der Waals surface area contributed by atoms with E-state index in [0.29, 0.717) is 44.9 Å². The second-order valence-corrected chi connectivity index (χ2v) is 27.0. The predicted octanol–water partition coefficient (Wildman–Crippen LogP) is 16.3. The first-order chi connectivity index (χ1) is 42.3. The van der Waals surface area contributed by atoms with Crippen molar-refractivity contribution >= 4 is 50.1 Å². The number of aliphatic imine (C=N–C) groups is 1. The van der Waals surface area contributed by atoms with Gasteiger partial charge in [0, 0.05) is 28.3 Å². The minimum atomic E-state index is -4.61. The number of amidine groups is 1. The summed E-state index contributed by atoms with van der Waals surface area (Å²) in [4.78, 5) is 4.99. The highest BCUT2D eigenvalue weighted by Crippen LogP contribution is 2.46. The number of quaternary nitrogens is 2. The van der Waals surface area contributed by atoms with Crippen molar-refractivity contribution in [1.29, 1.82) is 0 Å². The smallest absolute Gasteiger partial charge is 0.642 e. The molecule has 0 N–H and O–H groups in total. The molecular weight excluding hydrogens is 1150 g/mol. The van der Waals surface area contributed by atoms with Crippen LogP contribution in [0.25, 0.3) is 28.0 Å². The van der Waals surface area contributed by atoms with E-state index in [-0.39, 0.29) is 49.1 Å². The standard InChI is InChI=1S/C38H34BF2N3O8S2.2C16H36N/c40-39(41)43-35(29-13-17-31(18-14-29)51-21-7-23-53(45,46)47)25-33(27-9-3-1-4-10-27)37(43)42-38-34(28-11-5-2-6-12-28)26-36(44(38)39)30-15-19-32(20-16-30)52-22-8-24-54(48,49)50;2*1-5-9-13-17(14-10-6-2,15-11-7-3)16-12-8-4/h1-6,9-20,25-26H,7-8,21-24H2,(H,45,46,47)(H,48,49,50);2*5-16H2,1-4H3/q;2*+1/p-2. The van der Waals surface area contributed by atoms with Crippen LogP contribution in [0, 0.1) is 0 Å². The Bertz CT molecular complexity index is 3060. The van der Waals surface area contributed by atoms with Crippen LogP contribution in [0.2, 0.25) is 0 Å². The summed E-state index contributed by atoms with van der Waals surface area (Å²) in [5, 5.41) is 0. The van der Waals surface area contributed by atoms with Crippen molar-refractivity contribution in [2.75, 3.05) is 77.1 Å². The molecule has 2 aliphatic rings. The van der Waals surface area contributed by atoms with Gasteiger partial charge in [0.05, 0.1) is 97.1 Å². The monoisotopic (exact) mass is 1260 g/mol. The van der Waals surface area contributed by atoms with E-state index in [1.54, 1.807) is 60.7 Å². The Kier molecular flexibility index (Phi) is 30.8. The first kappa shape index (κ1) is 73.2. The van der Waals surface area contributed by atoms with Crippen molar-refractivity contribution in [3.8, 4) is 33.9 Å². The third-order valence-electron chi connectivity index (χ3n) is 16.8. The number of benzene rings is 4. The van der Waals surface area contributed by atoms with E-state index in [1.165, 1.54) is 164 Å². The van der Waals surface area contributed by atoms with Gasteiger partial charge in [-0.15, -0.1) is 0 Å². The molecule has 0 unspecified atom stereocenters. The summed E-state index contributed by atoms with van der Waals surface area (Å²) in [7, 11) is -8.75. The van der Waals surface area contributed by atoms with Gasteiger partial charge in [-0.2, -0.15) is 0 Å². The van der Waals surface area contributed by atoms with Gasteiger partial charge in [0.15, 0.2) is 0 Å². The minimum Gasteiger partial charge on any atom is -0.748 e. The summed E-state index contributed by atoms with van der Waals surface area (Å²) in [6.07, 6.45) is 23.8. The number of rotatable bonds is 38. The van der Waals surface area contributed by atoms with E-state index in [1.807, 2.05) is 60.7 Å². The lowest BCUT2D eigenvalue weighted by molar-refractivity contribution is -0.929. The highest BCUT2D eigenvalue weighted by Gasteiger charge is 2.53. The molecule has 0 saturated carbocycles. The molecule has 2 aliphatic heterocycles. The molecule has 4 aromatic carbocycles. The quantitative estimate of drug-likeness (QED) is 0.0164. The van der Waals surface area contributed by atoms with E-state index < -0.39 is 38.7 Å². The van der Waals surface area contributed by atoms with Crippen LogP contribution >= 0.6 is 0 Å². The van der Waals surface area contributed by atoms with Gasteiger partial charge in [-0.05, 0) is 147 Å². The number of halogens is 2. The number of ether oxygens (including phenoxy) is 2. The zero-order valence-corrected chi connectivity index (χ0v) is 56.0. The molecule has 0 aliphatic carbocycles. The number of hydrogen-bond donors (Lipinski definition) is 0. The topological polar surface area (TPSA) is 153 Å². The molecule has 7 rings (SSSR count). The minimum absolute atomic E-state index is 0.00764. The maximum Gasteiger partial charge on any atom is 0.642 e. The van der Waals surface area contributed by atoms with Crippen molar-refractivity contribution in [2.45, 2.75) is 171 Å². The van der Waals surface area contributed by atoms with E-state index >= 15 is 8.63 Å². The fourth-order valence-electron chi connectivity index (χ4n) is 11.8. The number of nitrogens with zero attached hydrogens (tertiary/aromatic N) is 5. The summed E-state index contributed by atoms with van der Waals surface area (Å²) in [6, 6.07) is 32.9. The highest BCUT2D eigenvalue weighted by molar-refractivity contribution is 7.85. The Morgan fingerprint density at radius 3 is 1.18 bits per heavy atom. The maximum absolute atomic E-state index is 17.6. The molecule has 0 amide bonds. The number of fused-ring (bicyclic) bond motifs is 2. The molecular formula is C70H104BF2N5O8S2. The Labute approximate surface area is 528 Å². The van der Waals surface area contributed by atoms with Crippen molar-refractivity contribution in [3.63, 3.8) is 0 Å². The van der Waals surface area contributed by atoms with Crippen LogP contribution in [0.5, 0.6) is 11.5 Å². The Balaban J connectivity index is 0.000000340. The number of aromatic nitrogens is 1. The Hall–Kier alpha value is -5.50. The zero-order valence-electron chi connectivity index (χ0n) is 54.4. The molecule has 18 heteroatoms. The van der Waals surface area contributed by atoms with Gasteiger partial charge in [-0.3, -0.25) is 0 Å². The molecule has 0 fully saturated rings. The molecule has 1 aromatic heterocycles. The summed E-state index contributed by atoms with van der Waals surface area (Å²) in [5.41, 5.74) is 3.72. The van der Waals surface area contributed by atoms with E-state index in [9.17, 15) is 25.9 Å². The van der Waals surface area contributed by atoms with Gasteiger partial charge in [0.1, 0.15) is 11.5 Å². The predicted molar refractivity (Wildman–Crippen MR) is 359 cm³/mol.